The van der Waals surface area contributed by atoms with E-state index in [0.717, 1.165) is 15.4 Å². The molecule has 4 aromatic rings. The second kappa shape index (κ2) is 9.98. The Morgan fingerprint density at radius 2 is 1.94 bits per heavy atom. The number of aliphatic imine (C=N–C) groups is 1. The Morgan fingerprint density at radius 1 is 1.17 bits per heavy atom. The molecule has 0 unspecified atom stereocenters. The molecule has 7 nitrogen and oxygen atoms in total. The average molecular weight is 535 g/mol. The summed E-state index contributed by atoms with van der Waals surface area (Å²) < 4.78 is 40.9. The van der Waals surface area contributed by atoms with Gasteiger partial charge in [0.15, 0.2) is 5.88 Å². The third-order valence-electron chi connectivity index (χ3n) is 5.32. The molecule has 0 amide bonds. The van der Waals surface area contributed by atoms with Crippen LogP contribution >= 0.6 is 22.9 Å². The summed E-state index contributed by atoms with van der Waals surface area (Å²) in [5.74, 6) is -0.797. The summed E-state index contributed by atoms with van der Waals surface area (Å²) in [5, 5.41) is 13.8. The minimum absolute atomic E-state index is 0.0458. The monoisotopic (exact) mass is 534 g/mol. The Labute approximate surface area is 212 Å². The molecule has 0 aliphatic carbocycles. The zero-order valence-corrected chi connectivity index (χ0v) is 21.7. The molecule has 0 bridgehead atoms. The molecule has 4 rings (SSSR count). The van der Waals surface area contributed by atoms with Crippen molar-refractivity contribution < 1.29 is 17.9 Å². The SMILES string of the molecule is CN(C)CCN(c1ccc(N=C(c2cccs2)c2c(O)[nH]c3cc(Cl)ccc23)cc1F)S(C)(=O)=O. The molecule has 0 radical (unpaired) electrons. The second-order valence-corrected chi connectivity index (χ2v) is 11.5. The van der Waals surface area contributed by atoms with Crippen molar-refractivity contribution in [1.29, 1.82) is 0 Å². The van der Waals surface area contributed by atoms with Gasteiger partial charge >= 0.3 is 0 Å². The number of thiophene rings is 1. The lowest BCUT2D eigenvalue weighted by molar-refractivity contribution is 0.419. The van der Waals surface area contributed by atoms with E-state index in [9.17, 15) is 13.5 Å². The summed E-state index contributed by atoms with van der Waals surface area (Å²) in [5.41, 5.74) is 1.78. The first kappa shape index (κ1) is 25.2. The zero-order valence-electron chi connectivity index (χ0n) is 19.3. The predicted molar refractivity (Wildman–Crippen MR) is 142 cm³/mol. The van der Waals surface area contributed by atoms with Crippen LogP contribution in [-0.2, 0) is 10.0 Å². The molecule has 0 saturated heterocycles. The summed E-state index contributed by atoms with van der Waals surface area (Å²) in [6, 6.07) is 13.1. The molecule has 0 spiro atoms. The molecule has 2 heterocycles. The van der Waals surface area contributed by atoms with Crippen LogP contribution in [0.15, 0.2) is 58.9 Å². The van der Waals surface area contributed by atoms with E-state index in [1.165, 1.54) is 23.5 Å². The first-order chi connectivity index (χ1) is 16.5. The number of fused-ring (bicyclic) bond motifs is 1. The molecule has 35 heavy (non-hydrogen) atoms. The molecule has 0 atom stereocenters. The Bertz CT molecular complexity index is 1500. The number of benzene rings is 2. The van der Waals surface area contributed by atoms with Crippen molar-refractivity contribution in [3.05, 3.63) is 75.2 Å². The summed E-state index contributed by atoms with van der Waals surface area (Å²) in [7, 11) is -0.0633. The van der Waals surface area contributed by atoms with Crippen molar-refractivity contribution in [2.75, 3.05) is 37.7 Å². The predicted octanol–water partition coefficient (Wildman–Crippen LogP) is 5.22. The number of hydrogen-bond donors (Lipinski definition) is 2. The fourth-order valence-electron chi connectivity index (χ4n) is 3.70. The van der Waals surface area contributed by atoms with Crippen LogP contribution in [0.1, 0.15) is 10.4 Å². The lowest BCUT2D eigenvalue weighted by atomic mass is 10.1. The standard InChI is InChI=1S/C24H24ClFN4O3S2/c1-29(2)10-11-30(35(3,32)33)20-9-7-16(14-18(20)26)27-23(21-5-4-12-34-21)22-17-8-6-15(25)13-19(17)28-24(22)31/h4-9,12-14,28,31H,10-11H2,1-3H3. The smallest absolute Gasteiger partial charge is 0.232 e. The van der Waals surface area contributed by atoms with E-state index in [1.807, 2.05) is 36.5 Å². The Balaban J connectivity index is 1.82. The minimum Gasteiger partial charge on any atom is -0.494 e. The number of sulfonamides is 1. The van der Waals surface area contributed by atoms with Crippen molar-refractivity contribution in [1.82, 2.24) is 9.88 Å². The van der Waals surface area contributed by atoms with E-state index in [0.29, 0.717) is 33.7 Å². The van der Waals surface area contributed by atoms with Crippen molar-refractivity contribution in [2.24, 2.45) is 4.99 Å². The second-order valence-electron chi connectivity index (χ2n) is 8.25. The largest absolute Gasteiger partial charge is 0.494 e. The van der Waals surface area contributed by atoms with Gasteiger partial charge in [0.1, 0.15) is 5.82 Å². The van der Waals surface area contributed by atoms with E-state index in [-0.39, 0.29) is 23.8 Å². The van der Waals surface area contributed by atoms with Crippen LogP contribution in [-0.4, -0.2) is 62.6 Å². The van der Waals surface area contributed by atoms with Gasteiger partial charge in [-0.2, -0.15) is 0 Å². The van der Waals surface area contributed by atoms with Crippen molar-refractivity contribution in [2.45, 2.75) is 0 Å². The van der Waals surface area contributed by atoms with Gasteiger partial charge in [0.25, 0.3) is 0 Å². The zero-order chi connectivity index (χ0) is 25.3. The lowest BCUT2D eigenvalue weighted by Crippen LogP contribution is -2.36. The number of nitrogens with one attached hydrogen (secondary N) is 1. The number of aromatic hydroxyl groups is 1. The molecular weight excluding hydrogens is 511 g/mol. The van der Waals surface area contributed by atoms with Crippen molar-refractivity contribution >= 4 is 61.0 Å². The Kier molecular flexibility index (Phi) is 7.18. The molecule has 2 aromatic heterocycles. The molecule has 0 aliphatic heterocycles. The van der Waals surface area contributed by atoms with Gasteiger partial charge < -0.3 is 15.0 Å². The van der Waals surface area contributed by atoms with Gasteiger partial charge in [0.05, 0.1) is 39.3 Å². The van der Waals surface area contributed by atoms with E-state index in [4.69, 9.17) is 11.6 Å². The number of nitrogens with zero attached hydrogens (tertiary/aromatic N) is 3. The highest BCUT2D eigenvalue weighted by molar-refractivity contribution is 7.92. The molecule has 0 aliphatic rings. The van der Waals surface area contributed by atoms with Gasteiger partial charge in [0, 0.05) is 29.6 Å². The number of anilines is 1. The molecule has 0 fully saturated rings. The van der Waals surface area contributed by atoms with Crippen molar-refractivity contribution in [3.8, 4) is 5.88 Å². The summed E-state index contributed by atoms with van der Waals surface area (Å²) in [4.78, 5) is 10.2. The number of aromatic nitrogens is 1. The van der Waals surface area contributed by atoms with Crippen LogP contribution < -0.4 is 4.31 Å². The number of likely N-dealkylation sites (N-methyl/N-ethyl adjacent to an activating group) is 1. The molecule has 2 aromatic carbocycles. The first-order valence-electron chi connectivity index (χ1n) is 10.6. The third-order valence-corrected chi connectivity index (χ3v) is 7.62. The number of hydrogen-bond acceptors (Lipinski definition) is 6. The maximum atomic E-state index is 15.2. The normalized spacial score (nSPS) is 12.6. The lowest BCUT2D eigenvalue weighted by Gasteiger charge is -2.24. The molecule has 0 saturated carbocycles. The quantitative estimate of drug-likeness (QED) is 0.303. The topological polar surface area (TPSA) is 89.0 Å². The van der Waals surface area contributed by atoms with E-state index in [2.05, 4.69) is 9.98 Å². The molecule has 2 N–H and O–H groups in total. The van der Waals surface area contributed by atoms with Crippen LogP contribution in [0.25, 0.3) is 10.9 Å². The van der Waals surface area contributed by atoms with E-state index < -0.39 is 15.8 Å². The number of rotatable bonds is 8. The first-order valence-corrected chi connectivity index (χ1v) is 13.7. The van der Waals surface area contributed by atoms with Crippen LogP contribution in [0.5, 0.6) is 5.88 Å². The van der Waals surface area contributed by atoms with Crippen LogP contribution in [0.4, 0.5) is 15.8 Å². The van der Waals surface area contributed by atoms with Gasteiger partial charge in [-0.15, -0.1) is 11.3 Å². The molecule has 184 valence electrons. The van der Waals surface area contributed by atoms with Gasteiger partial charge in [-0.05, 0) is 49.8 Å². The minimum atomic E-state index is -3.69. The Hall–Kier alpha value is -2.92. The number of halogens is 2. The maximum Gasteiger partial charge on any atom is 0.232 e. The highest BCUT2D eigenvalue weighted by Crippen LogP contribution is 2.34. The summed E-state index contributed by atoms with van der Waals surface area (Å²) in [6.45, 7) is 0.538. The van der Waals surface area contributed by atoms with E-state index in [1.54, 1.807) is 24.3 Å². The summed E-state index contributed by atoms with van der Waals surface area (Å²) >= 11 is 7.52. The van der Waals surface area contributed by atoms with Gasteiger partial charge in [-0.25, -0.2) is 17.8 Å². The van der Waals surface area contributed by atoms with Crippen LogP contribution in [0, 0.1) is 5.82 Å². The number of aromatic amines is 1. The highest BCUT2D eigenvalue weighted by Gasteiger charge is 2.23. The van der Waals surface area contributed by atoms with Gasteiger partial charge in [0.2, 0.25) is 10.0 Å². The Morgan fingerprint density at radius 3 is 2.57 bits per heavy atom. The third kappa shape index (κ3) is 5.51. The van der Waals surface area contributed by atoms with Gasteiger partial charge in [-0.3, -0.25) is 4.31 Å². The fourth-order valence-corrected chi connectivity index (χ4v) is 5.51. The van der Waals surface area contributed by atoms with Crippen LogP contribution in [0.2, 0.25) is 5.02 Å². The van der Waals surface area contributed by atoms with Crippen LogP contribution in [0.3, 0.4) is 0 Å². The average Bonchev–Trinajstić information content (AvgIpc) is 3.40. The summed E-state index contributed by atoms with van der Waals surface area (Å²) in [6.07, 6.45) is 1.05. The fraction of sp³-hybridized carbons (Fsp3) is 0.208. The molecular formula is C24H24ClFN4O3S2. The molecule has 11 heteroatoms. The highest BCUT2D eigenvalue weighted by atomic mass is 35.5. The maximum absolute atomic E-state index is 15.2. The van der Waals surface area contributed by atoms with Crippen molar-refractivity contribution in [3.63, 3.8) is 0 Å². The van der Waals surface area contributed by atoms with E-state index >= 15 is 4.39 Å². The van der Waals surface area contributed by atoms with Gasteiger partial charge in [-0.1, -0.05) is 23.7 Å². The number of H-pyrrole nitrogens is 1.